The minimum absolute atomic E-state index is 0.0183. The van der Waals surface area contributed by atoms with Crippen molar-refractivity contribution in [3.8, 4) is 11.5 Å². The average Bonchev–Trinajstić information content (AvgIpc) is 3.49. The van der Waals surface area contributed by atoms with Crippen LogP contribution in [0, 0.1) is 6.92 Å². The zero-order valence-electron chi connectivity index (χ0n) is 23.1. The normalized spacial score (nSPS) is 16.5. The molecule has 1 aromatic heterocycles. The summed E-state index contributed by atoms with van der Waals surface area (Å²) in [4.78, 5) is 33.2. The van der Waals surface area contributed by atoms with Crippen molar-refractivity contribution in [3.05, 3.63) is 87.9 Å². The maximum Gasteiger partial charge on any atom is 0.301 e. The van der Waals surface area contributed by atoms with E-state index >= 15 is 0 Å². The molecular weight excluding hydrogens is 560 g/mol. The van der Waals surface area contributed by atoms with Crippen LogP contribution < -0.4 is 14.4 Å². The van der Waals surface area contributed by atoms with Crippen LogP contribution in [0.15, 0.2) is 66.2 Å². The summed E-state index contributed by atoms with van der Waals surface area (Å²) in [6.45, 7) is 6.89. The van der Waals surface area contributed by atoms with Gasteiger partial charge in [0.15, 0.2) is 16.6 Å². The highest BCUT2D eigenvalue weighted by molar-refractivity contribution is 7.22. The predicted octanol–water partition coefficient (Wildman–Crippen LogP) is 7.85. The molecule has 0 spiro atoms. The summed E-state index contributed by atoms with van der Waals surface area (Å²) < 4.78 is 12.7. The lowest BCUT2D eigenvalue weighted by Gasteiger charge is -2.24. The van der Waals surface area contributed by atoms with Crippen molar-refractivity contribution < 1.29 is 24.2 Å². The Morgan fingerprint density at radius 2 is 1.78 bits per heavy atom. The summed E-state index contributed by atoms with van der Waals surface area (Å²) in [7, 11) is 0. The molecule has 2 heterocycles. The standard InChI is InChI=1S/C32H31ClN2O5S/c1-4-6-7-16-40-24-15-12-21(17-25(24)39-5-2)28-27(29(36)20-10-8-19(3)9-11-20)30(37)31(38)35(28)32-34-23-14-13-22(33)18-26(23)41-32/h8-15,17-18,28,36H,4-7,16H2,1-3H3/b29-27+. The number of anilines is 1. The quantitative estimate of drug-likeness (QED) is 0.0875. The number of ketones is 1. The van der Waals surface area contributed by atoms with E-state index < -0.39 is 17.7 Å². The van der Waals surface area contributed by atoms with Crippen molar-refractivity contribution in [2.45, 2.75) is 46.1 Å². The second-order valence-electron chi connectivity index (χ2n) is 9.84. The Hall–Kier alpha value is -3.88. The number of unbranched alkanes of at least 4 members (excludes halogenated alkanes) is 2. The highest BCUT2D eigenvalue weighted by Crippen LogP contribution is 2.46. The molecule has 1 saturated heterocycles. The van der Waals surface area contributed by atoms with Crippen LogP contribution in [0.1, 0.15) is 55.8 Å². The molecule has 3 aromatic carbocycles. The van der Waals surface area contributed by atoms with Gasteiger partial charge in [-0.05, 0) is 56.2 Å². The molecule has 0 aliphatic carbocycles. The van der Waals surface area contributed by atoms with Crippen LogP contribution in [-0.2, 0) is 9.59 Å². The molecule has 1 atom stereocenters. The van der Waals surface area contributed by atoms with Crippen LogP contribution in [0.25, 0.3) is 16.0 Å². The number of nitrogens with zero attached hydrogens (tertiary/aromatic N) is 2. The summed E-state index contributed by atoms with van der Waals surface area (Å²) in [6.07, 6.45) is 3.06. The van der Waals surface area contributed by atoms with Crippen LogP contribution >= 0.6 is 22.9 Å². The molecule has 1 N–H and O–H groups in total. The van der Waals surface area contributed by atoms with Crippen molar-refractivity contribution in [1.82, 2.24) is 4.98 Å². The van der Waals surface area contributed by atoms with Crippen molar-refractivity contribution in [3.63, 3.8) is 0 Å². The third kappa shape index (κ3) is 5.80. The molecule has 0 bridgehead atoms. The number of aromatic nitrogens is 1. The molecule has 1 aliphatic heterocycles. The lowest BCUT2D eigenvalue weighted by molar-refractivity contribution is -0.132. The lowest BCUT2D eigenvalue weighted by atomic mass is 9.95. The highest BCUT2D eigenvalue weighted by Gasteiger charge is 2.48. The maximum atomic E-state index is 13.6. The number of fused-ring (bicyclic) bond motifs is 1. The monoisotopic (exact) mass is 590 g/mol. The third-order valence-electron chi connectivity index (χ3n) is 6.90. The number of halogens is 1. The smallest absolute Gasteiger partial charge is 0.301 e. The number of aliphatic hydroxyl groups excluding tert-OH is 1. The maximum absolute atomic E-state index is 13.6. The van der Waals surface area contributed by atoms with Crippen LogP contribution in [0.4, 0.5) is 5.13 Å². The van der Waals surface area contributed by atoms with Gasteiger partial charge in [0, 0.05) is 10.6 Å². The molecule has 1 aliphatic rings. The van der Waals surface area contributed by atoms with E-state index in [1.165, 1.54) is 16.2 Å². The summed E-state index contributed by atoms with van der Waals surface area (Å²) in [5.41, 5.74) is 2.66. The number of aliphatic hydroxyl groups is 1. The van der Waals surface area contributed by atoms with E-state index in [0.29, 0.717) is 51.5 Å². The van der Waals surface area contributed by atoms with Gasteiger partial charge in [-0.3, -0.25) is 14.5 Å². The van der Waals surface area contributed by atoms with Crippen LogP contribution in [0.2, 0.25) is 5.02 Å². The van der Waals surface area contributed by atoms with Gasteiger partial charge in [-0.2, -0.15) is 0 Å². The summed E-state index contributed by atoms with van der Waals surface area (Å²) in [5.74, 6) is -0.733. The fourth-order valence-electron chi connectivity index (χ4n) is 4.82. The van der Waals surface area contributed by atoms with E-state index in [0.717, 1.165) is 29.5 Å². The number of hydrogen-bond acceptors (Lipinski definition) is 7. The zero-order valence-corrected chi connectivity index (χ0v) is 24.7. The van der Waals surface area contributed by atoms with Crippen LogP contribution in [0.5, 0.6) is 11.5 Å². The van der Waals surface area contributed by atoms with E-state index in [2.05, 4.69) is 11.9 Å². The Kier molecular flexibility index (Phi) is 8.61. The number of ether oxygens (including phenoxy) is 2. The average molecular weight is 591 g/mol. The van der Waals surface area contributed by atoms with E-state index in [4.69, 9.17) is 21.1 Å². The van der Waals surface area contributed by atoms with Gasteiger partial charge in [0.25, 0.3) is 5.78 Å². The largest absolute Gasteiger partial charge is 0.507 e. The van der Waals surface area contributed by atoms with Gasteiger partial charge in [0.1, 0.15) is 5.76 Å². The number of hydrogen-bond donors (Lipinski definition) is 1. The second kappa shape index (κ2) is 12.3. The lowest BCUT2D eigenvalue weighted by Crippen LogP contribution is -2.29. The molecule has 5 rings (SSSR count). The first-order valence-electron chi connectivity index (χ1n) is 13.7. The molecule has 1 amide bonds. The SMILES string of the molecule is CCCCCOc1ccc(C2/C(=C(\O)c3ccc(C)cc3)C(=O)C(=O)N2c2nc3ccc(Cl)cc3s2)cc1OCC. The minimum atomic E-state index is -0.944. The highest BCUT2D eigenvalue weighted by atomic mass is 35.5. The fourth-order valence-corrected chi connectivity index (χ4v) is 6.09. The molecule has 9 heteroatoms. The van der Waals surface area contributed by atoms with Crippen molar-refractivity contribution >= 4 is 55.7 Å². The predicted molar refractivity (Wildman–Crippen MR) is 163 cm³/mol. The Labute approximate surface area is 248 Å². The fraction of sp³-hybridized carbons (Fsp3) is 0.281. The number of rotatable bonds is 10. The van der Waals surface area contributed by atoms with Gasteiger partial charge in [-0.15, -0.1) is 0 Å². The molecule has 1 fully saturated rings. The number of Topliss-reactive ketones (excluding diaryl/α,β-unsaturated/α-hetero) is 1. The molecule has 4 aromatic rings. The van der Waals surface area contributed by atoms with E-state index in [9.17, 15) is 14.7 Å². The van der Waals surface area contributed by atoms with Crippen molar-refractivity contribution in [1.29, 1.82) is 0 Å². The van der Waals surface area contributed by atoms with Gasteiger partial charge >= 0.3 is 5.91 Å². The van der Waals surface area contributed by atoms with E-state index in [-0.39, 0.29) is 11.3 Å². The summed E-state index contributed by atoms with van der Waals surface area (Å²) in [6, 6.07) is 16.8. The molecule has 41 heavy (non-hydrogen) atoms. The van der Waals surface area contributed by atoms with E-state index in [1.54, 1.807) is 48.5 Å². The zero-order chi connectivity index (χ0) is 29.1. The first-order chi connectivity index (χ1) is 19.8. The number of amides is 1. The first-order valence-corrected chi connectivity index (χ1v) is 14.9. The topological polar surface area (TPSA) is 89.0 Å². The van der Waals surface area contributed by atoms with Crippen LogP contribution in [-0.4, -0.2) is 35.0 Å². The number of aryl methyl sites for hydroxylation is 1. The van der Waals surface area contributed by atoms with Gasteiger partial charge in [-0.1, -0.05) is 78.6 Å². The minimum Gasteiger partial charge on any atom is -0.507 e. The Balaban J connectivity index is 1.66. The van der Waals surface area contributed by atoms with Crippen molar-refractivity contribution in [2.24, 2.45) is 0 Å². The number of carbonyl (C=O) groups is 2. The molecule has 212 valence electrons. The first kappa shape index (κ1) is 28.6. The summed E-state index contributed by atoms with van der Waals surface area (Å²) in [5, 5.41) is 12.3. The Morgan fingerprint density at radius 1 is 1.00 bits per heavy atom. The second-order valence-corrected chi connectivity index (χ2v) is 11.3. The van der Waals surface area contributed by atoms with Crippen molar-refractivity contribution in [2.75, 3.05) is 18.1 Å². The van der Waals surface area contributed by atoms with Gasteiger partial charge in [0.2, 0.25) is 0 Å². The van der Waals surface area contributed by atoms with Gasteiger partial charge < -0.3 is 14.6 Å². The Morgan fingerprint density at radius 3 is 2.51 bits per heavy atom. The summed E-state index contributed by atoms with van der Waals surface area (Å²) >= 11 is 7.46. The molecule has 0 saturated carbocycles. The number of carbonyl (C=O) groups excluding carboxylic acids is 2. The number of benzene rings is 3. The molecule has 1 unspecified atom stereocenters. The van der Waals surface area contributed by atoms with E-state index in [1.807, 2.05) is 26.0 Å². The van der Waals surface area contributed by atoms with Gasteiger partial charge in [-0.25, -0.2) is 4.98 Å². The molecular formula is C32H31ClN2O5S. The third-order valence-corrected chi connectivity index (χ3v) is 8.16. The number of thiazole rings is 1. The molecule has 7 nitrogen and oxygen atoms in total. The Bertz CT molecular complexity index is 1630. The van der Waals surface area contributed by atoms with Gasteiger partial charge in [0.05, 0.1) is 35.0 Å². The van der Waals surface area contributed by atoms with Crippen LogP contribution in [0.3, 0.4) is 0 Å². The molecule has 0 radical (unpaired) electrons.